The summed E-state index contributed by atoms with van der Waals surface area (Å²) >= 11 is 3.13. The minimum atomic E-state index is -1.06. The molecule has 0 saturated heterocycles. The fraction of sp³-hybridized carbons (Fsp3) is 0.458. The summed E-state index contributed by atoms with van der Waals surface area (Å²) < 4.78 is 4.92. The van der Waals surface area contributed by atoms with Crippen LogP contribution in [0.15, 0.2) is 110 Å². The third-order valence-electron chi connectivity index (χ3n) is 14.5. The van der Waals surface area contributed by atoms with Crippen LogP contribution in [0.4, 0.5) is 0 Å². The number of carboxylic acid groups (broad SMARTS) is 1. The van der Waals surface area contributed by atoms with Crippen molar-refractivity contribution in [3.8, 4) is 0 Å². The molecule has 22 heteroatoms. The molecule has 0 radical (unpaired) electrons. The quantitative estimate of drug-likeness (QED) is 0.0221. The van der Waals surface area contributed by atoms with Gasteiger partial charge in [-0.3, -0.25) is 29.0 Å². The Morgan fingerprint density at radius 2 is 1.02 bits per heavy atom. The molecule has 4 amide bonds. The number of H-pyrrole nitrogens is 2. The van der Waals surface area contributed by atoms with Crippen LogP contribution in [-0.2, 0) is 46.6 Å². The first-order valence-electron chi connectivity index (χ1n) is 27.3. The lowest BCUT2D eigenvalue weighted by Gasteiger charge is -2.32. The molecule has 6 rings (SSSR count). The van der Waals surface area contributed by atoms with E-state index in [2.05, 4.69) is 73.2 Å². The van der Waals surface area contributed by atoms with E-state index in [-0.39, 0.29) is 60.6 Å². The zero-order valence-corrected chi connectivity index (χ0v) is 49.2. The second-order valence-corrected chi connectivity index (χ2v) is 22.2. The average Bonchev–Trinajstić information content (AvgIpc) is 4.24. The number of esters is 1. The fourth-order valence-corrected chi connectivity index (χ4v) is 10.2. The number of fused-ring (bicyclic) bond motifs is 2. The van der Waals surface area contributed by atoms with E-state index in [4.69, 9.17) is 16.2 Å². The number of rotatable bonds is 32. The molecule has 0 unspecified atom stereocenters. The lowest BCUT2D eigenvalue weighted by molar-refractivity contribution is -0.145. The lowest BCUT2D eigenvalue weighted by atomic mass is 9.97. The standard InChI is InChI=1S/C30H42N6O4S.C29H40N6O4S/c1-5-20(2)26(35-29(38)28(31)25-15-32-19-33-25)17-36(16-22-11-8-10-21-9-6-7-12-23(21)22)18-27(37)34-24(13-14-41-4)30(39)40-3;1-4-19(2)25(34-28(37)27(30)24-14-31-18-32-24)16-35(17-26(36)33-23(29(38)39)12-13-40-3)15-21-10-7-9-20-8-5-6-11-22(20)21/h6-12,15,19-20,24,26,28H,5,13-14,16-18,31H2,1-4H3,(H,32,33)(H,34,37)(H,35,38);5-11,14,18-19,23,25,27H,4,12-13,15-17,30H2,1-3H3,(H,31,32)(H,33,36)(H,34,37)(H,38,39)/t20-,24-,26+,28+;19-,23-,25+,27+/m00/s1. The number of ether oxygens (including phenoxy) is 1. The molecular weight excluding hydrogens is 1070 g/mol. The van der Waals surface area contributed by atoms with Crippen molar-refractivity contribution in [1.29, 1.82) is 0 Å². The van der Waals surface area contributed by atoms with Crippen molar-refractivity contribution in [2.45, 2.75) is 103 Å². The van der Waals surface area contributed by atoms with Crippen LogP contribution in [-0.4, -0.2) is 152 Å². The van der Waals surface area contributed by atoms with E-state index >= 15 is 0 Å². The number of nitrogens with zero attached hydrogens (tertiary/aromatic N) is 4. The minimum Gasteiger partial charge on any atom is -0.480 e. The summed E-state index contributed by atoms with van der Waals surface area (Å²) in [4.78, 5) is 94.4. The molecule has 6 aromatic rings. The highest BCUT2D eigenvalue weighted by Crippen LogP contribution is 2.24. The number of aromatic amines is 2. The van der Waals surface area contributed by atoms with Crippen molar-refractivity contribution in [1.82, 2.24) is 51.0 Å². The number of imidazole rings is 2. The predicted octanol–water partition coefficient (Wildman–Crippen LogP) is 5.93. The summed E-state index contributed by atoms with van der Waals surface area (Å²) in [6.45, 7) is 9.91. The van der Waals surface area contributed by atoms with E-state index in [0.717, 1.165) is 45.5 Å². The van der Waals surface area contributed by atoms with Crippen LogP contribution >= 0.6 is 23.5 Å². The van der Waals surface area contributed by atoms with Crippen molar-refractivity contribution in [3.05, 3.63) is 132 Å². The number of carboxylic acids is 1. The Bertz CT molecular complexity index is 2900. The summed E-state index contributed by atoms with van der Waals surface area (Å²) in [7, 11) is 1.32. The molecule has 20 nitrogen and oxygen atoms in total. The van der Waals surface area contributed by atoms with E-state index in [1.165, 1.54) is 43.9 Å². The minimum absolute atomic E-state index is 0.0261. The van der Waals surface area contributed by atoms with Crippen molar-refractivity contribution in [2.75, 3.05) is 57.3 Å². The molecule has 11 N–H and O–H groups in total. The summed E-state index contributed by atoms with van der Waals surface area (Å²) in [5, 5.41) is 25.7. The number of nitrogens with two attached hydrogens (primary N) is 2. The number of nitrogens with one attached hydrogen (secondary N) is 6. The summed E-state index contributed by atoms with van der Waals surface area (Å²) in [5.74, 6) is -1.33. The maximum atomic E-state index is 13.3. The number of carbonyl (C=O) groups excluding carboxylic acids is 5. The first-order chi connectivity index (χ1) is 39.0. The molecule has 0 spiro atoms. The second-order valence-electron chi connectivity index (χ2n) is 20.3. The third-order valence-corrected chi connectivity index (χ3v) is 15.7. The first-order valence-corrected chi connectivity index (χ1v) is 30.1. The van der Waals surface area contributed by atoms with Gasteiger partial charge in [0.05, 0.1) is 56.6 Å². The molecule has 0 aliphatic heterocycles. The van der Waals surface area contributed by atoms with E-state index < -0.39 is 36.1 Å². The van der Waals surface area contributed by atoms with Crippen LogP contribution in [0.1, 0.15) is 88.0 Å². The van der Waals surface area contributed by atoms with Crippen LogP contribution in [0.25, 0.3) is 21.5 Å². The fourth-order valence-electron chi connectivity index (χ4n) is 9.28. The summed E-state index contributed by atoms with van der Waals surface area (Å²) in [5.41, 5.74) is 15.5. The highest BCUT2D eigenvalue weighted by molar-refractivity contribution is 7.98. The van der Waals surface area contributed by atoms with Gasteiger partial charge in [0.15, 0.2) is 0 Å². The Morgan fingerprint density at radius 3 is 1.41 bits per heavy atom. The van der Waals surface area contributed by atoms with Gasteiger partial charge in [-0.2, -0.15) is 23.5 Å². The number of methoxy groups -OCH3 is 1. The van der Waals surface area contributed by atoms with Gasteiger partial charge in [0.1, 0.15) is 24.2 Å². The van der Waals surface area contributed by atoms with Gasteiger partial charge in [0.25, 0.3) is 0 Å². The van der Waals surface area contributed by atoms with Crippen molar-refractivity contribution in [2.24, 2.45) is 23.3 Å². The molecule has 0 fully saturated rings. The molecule has 2 heterocycles. The number of thioether (sulfide) groups is 2. The normalized spacial score (nSPS) is 14.4. The molecule has 4 aromatic carbocycles. The largest absolute Gasteiger partial charge is 0.480 e. The Morgan fingerprint density at radius 1 is 0.617 bits per heavy atom. The predicted molar refractivity (Wildman–Crippen MR) is 322 cm³/mol. The van der Waals surface area contributed by atoms with Crippen molar-refractivity contribution in [3.63, 3.8) is 0 Å². The second kappa shape index (κ2) is 33.8. The van der Waals surface area contributed by atoms with Crippen LogP contribution in [0.2, 0.25) is 0 Å². The zero-order valence-electron chi connectivity index (χ0n) is 47.6. The van der Waals surface area contributed by atoms with Gasteiger partial charge in [0, 0.05) is 38.3 Å². The molecule has 0 aliphatic rings. The van der Waals surface area contributed by atoms with Gasteiger partial charge < -0.3 is 52.5 Å². The van der Waals surface area contributed by atoms with Gasteiger partial charge in [0.2, 0.25) is 23.6 Å². The molecular formula is C59H82N12O8S2. The Labute approximate surface area is 483 Å². The van der Waals surface area contributed by atoms with Crippen molar-refractivity contribution >= 4 is 80.6 Å². The highest BCUT2D eigenvalue weighted by atomic mass is 32.2. The molecule has 0 bridgehead atoms. The number of carbonyl (C=O) groups is 6. The number of amides is 4. The molecule has 2 aromatic heterocycles. The molecule has 438 valence electrons. The van der Waals surface area contributed by atoms with E-state index in [1.807, 2.05) is 103 Å². The average molecular weight is 1150 g/mol. The number of aromatic nitrogens is 4. The molecule has 0 saturated carbocycles. The SMILES string of the molecule is CC[C@H](C)[C@@H](CN(CC(=O)N[C@@H](CCSC)C(=O)O)Cc1cccc2ccccc12)NC(=O)[C@H](N)c1cnc[nH]1.CC[C@H](C)[C@@H](CN(CC(=O)N[C@@H](CCSC)C(=O)OC)Cc1cccc2ccccc12)NC(=O)[C@H](N)c1cnc[nH]1. The monoisotopic (exact) mass is 1150 g/mol. The maximum absolute atomic E-state index is 13.3. The highest BCUT2D eigenvalue weighted by Gasteiger charge is 2.30. The Kier molecular flexibility index (Phi) is 27.1. The van der Waals surface area contributed by atoms with Gasteiger partial charge in [-0.1, -0.05) is 125 Å². The van der Waals surface area contributed by atoms with Crippen LogP contribution in [0, 0.1) is 11.8 Å². The smallest absolute Gasteiger partial charge is 0.328 e. The number of hydrogen-bond acceptors (Lipinski definition) is 15. The molecule has 81 heavy (non-hydrogen) atoms. The van der Waals surface area contributed by atoms with E-state index in [9.17, 15) is 33.9 Å². The van der Waals surface area contributed by atoms with Crippen molar-refractivity contribution < 1.29 is 38.6 Å². The zero-order chi connectivity index (χ0) is 58.8. The molecule has 0 aliphatic carbocycles. The van der Waals surface area contributed by atoms with Gasteiger partial charge >= 0.3 is 11.9 Å². The topological polar surface area (TPSA) is 296 Å². The number of benzene rings is 4. The van der Waals surface area contributed by atoms with Crippen LogP contribution in [0.3, 0.4) is 0 Å². The Hall–Kier alpha value is -6.82. The number of hydrogen-bond donors (Lipinski definition) is 9. The van der Waals surface area contributed by atoms with Gasteiger partial charge in [-0.05, 0) is 81.4 Å². The number of aliphatic carboxylic acids is 1. The van der Waals surface area contributed by atoms with Gasteiger partial charge in [-0.15, -0.1) is 0 Å². The first kappa shape index (κ1) is 65.0. The third kappa shape index (κ3) is 20.3. The van der Waals surface area contributed by atoms with E-state index in [1.54, 1.807) is 11.8 Å². The van der Waals surface area contributed by atoms with Crippen LogP contribution in [0.5, 0.6) is 0 Å². The summed E-state index contributed by atoms with van der Waals surface area (Å²) in [6.07, 6.45) is 12.3. The van der Waals surface area contributed by atoms with Gasteiger partial charge in [-0.25, -0.2) is 19.6 Å². The summed E-state index contributed by atoms with van der Waals surface area (Å²) in [6, 6.07) is 24.2. The Balaban J connectivity index is 0.000000297. The van der Waals surface area contributed by atoms with Crippen LogP contribution < -0.4 is 32.7 Å². The molecule has 8 atom stereocenters. The van der Waals surface area contributed by atoms with E-state index in [0.29, 0.717) is 61.9 Å². The maximum Gasteiger partial charge on any atom is 0.328 e. The lowest BCUT2D eigenvalue weighted by Crippen LogP contribution is -2.52.